The number of pyridine rings is 1. The van der Waals surface area contributed by atoms with Crippen LogP contribution in [0.1, 0.15) is 5.69 Å². The fraction of sp³-hybridized carbons (Fsp3) is 0.154. The number of halogens is 2. The van der Waals surface area contributed by atoms with E-state index in [9.17, 15) is 8.78 Å². The zero-order chi connectivity index (χ0) is 13.0. The van der Waals surface area contributed by atoms with E-state index in [-0.39, 0.29) is 5.75 Å². The van der Waals surface area contributed by atoms with Crippen molar-refractivity contribution in [1.82, 2.24) is 10.3 Å². The summed E-state index contributed by atoms with van der Waals surface area (Å²) < 4.78 is 31.1. The minimum absolute atomic E-state index is 0.211. The van der Waals surface area contributed by atoms with Gasteiger partial charge in [-0.3, -0.25) is 0 Å². The van der Waals surface area contributed by atoms with Crippen LogP contribution in [0.4, 0.5) is 8.78 Å². The molecular weight excluding hydrogens is 238 g/mol. The highest BCUT2D eigenvalue weighted by molar-refractivity contribution is 5.28. The molecule has 0 aliphatic heterocycles. The summed E-state index contributed by atoms with van der Waals surface area (Å²) in [7, 11) is 1.81. The third-order valence-electron chi connectivity index (χ3n) is 2.25. The Morgan fingerprint density at radius 2 is 2.00 bits per heavy atom. The van der Waals surface area contributed by atoms with Crippen molar-refractivity contribution in [1.29, 1.82) is 0 Å². The van der Waals surface area contributed by atoms with Crippen LogP contribution >= 0.6 is 0 Å². The maximum Gasteiger partial charge on any atom is 0.219 e. The molecular formula is C13H12F2N2O. The molecule has 1 N–H and O–H groups in total. The van der Waals surface area contributed by atoms with Crippen LogP contribution < -0.4 is 10.1 Å². The summed E-state index contributed by atoms with van der Waals surface area (Å²) in [5.74, 6) is -1.30. The van der Waals surface area contributed by atoms with Gasteiger partial charge in [0.2, 0.25) is 5.88 Å². The van der Waals surface area contributed by atoms with Gasteiger partial charge in [0.25, 0.3) is 0 Å². The van der Waals surface area contributed by atoms with Gasteiger partial charge in [-0.25, -0.2) is 13.8 Å². The van der Waals surface area contributed by atoms with Crippen LogP contribution in [-0.4, -0.2) is 12.0 Å². The van der Waals surface area contributed by atoms with E-state index in [4.69, 9.17) is 4.74 Å². The van der Waals surface area contributed by atoms with Crippen LogP contribution in [0, 0.1) is 11.6 Å². The van der Waals surface area contributed by atoms with Gasteiger partial charge in [0.05, 0.1) is 5.69 Å². The molecule has 2 rings (SSSR count). The molecule has 0 atom stereocenters. The lowest BCUT2D eigenvalue weighted by atomic mass is 10.3. The Balaban J connectivity index is 2.17. The van der Waals surface area contributed by atoms with Crippen molar-refractivity contribution in [3.05, 3.63) is 53.7 Å². The third kappa shape index (κ3) is 3.01. The second kappa shape index (κ2) is 5.55. The largest absolute Gasteiger partial charge is 0.439 e. The first-order chi connectivity index (χ1) is 8.69. The molecule has 0 aliphatic carbocycles. The zero-order valence-electron chi connectivity index (χ0n) is 9.78. The van der Waals surface area contributed by atoms with Crippen molar-refractivity contribution in [3.63, 3.8) is 0 Å². The van der Waals surface area contributed by atoms with Crippen molar-refractivity contribution in [2.24, 2.45) is 0 Å². The van der Waals surface area contributed by atoms with E-state index in [1.165, 1.54) is 6.07 Å². The number of hydrogen-bond donors (Lipinski definition) is 1. The van der Waals surface area contributed by atoms with Crippen LogP contribution in [0.3, 0.4) is 0 Å². The normalized spacial score (nSPS) is 10.4. The van der Waals surface area contributed by atoms with E-state index in [1.807, 2.05) is 13.1 Å². The van der Waals surface area contributed by atoms with E-state index < -0.39 is 11.6 Å². The van der Waals surface area contributed by atoms with Crippen molar-refractivity contribution in [3.8, 4) is 11.6 Å². The lowest BCUT2D eigenvalue weighted by molar-refractivity contribution is 0.445. The lowest BCUT2D eigenvalue weighted by Gasteiger charge is -2.06. The molecule has 0 saturated carbocycles. The topological polar surface area (TPSA) is 34.1 Å². The first-order valence-corrected chi connectivity index (χ1v) is 5.42. The Kier molecular flexibility index (Phi) is 3.84. The summed E-state index contributed by atoms with van der Waals surface area (Å²) >= 11 is 0. The summed E-state index contributed by atoms with van der Waals surface area (Å²) in [6.45, 7) is 0.606. The Bertz CT molecular complexity index is 546. The molecule has 18 heavy (non-hydrogen) atoms. The van der Waals surface area contributed by atoms with Crippen molar-refractivity contribution in [2.45, 2.75) is 6.54 Å². The highest BCUT2D eigenvalue weighted by Gasteiger charge is 2.05. The smallest absolute Gasteiger partial charge is 0.219 e. The number of aromatic nitrogens is 1. The maximum absolute atomic E-state index is 13.0. The highest BCUT2D eigenvalue weighted by atomic mass is 19.2. The van der Waals surface area contributed by atoms with E-state index in [0.29, 0.717) is 12.4 Å². The Morgan fingerprint density at radius 3 is 2.72 bits per heavy atom. The van der Waals surface area contributed by atoms with Crippen LogP contribution in [0.2, 0.25) is 0 Å². The third-order valence-corrected chi connectivity index (χ3v) is 2.25. The minimum Gasteiger partial charge on any atom is -0.439 e. The minimum atomic E-state index is -0.945. The highest BCUT2D eigenvalue weighted by Crippen LogP contribution is 2.21. The second-order valence-corrected chi connectivity index (χ2v) is 3.68. The Hall–Kier alpha value is -2.01. The number of nitrogens with zero attached hydrogens (tertiary/aromatic N) is 1. The molecule has 0 fully saturated rings. The van der Waals surface area contributed by atoms with Gasteiger partial charge in [-0.2, -0.15) is 0 Å². The number of hydrogen-bond acceptors (Lipinski definition) is 3. The first kappa shape index (κ1) is 12.4. The van der Waals surface area contributed by atoms with E-state index >= 15 is 0 Å². The summed E-state index contributed by atoms with van der Waals surface area (Å²) in [6, 6.07) is 8.64. The molecule has 1 aromatic carbocycles. The maximum atomic E-state index is 13.0. The predicted molar refractivity (Wildman–Crippen MR) is 63.4 cm³/mol. The number of benzene rings is 1. The van der Waals surface area contributed by atoms with Gasteiger partial charge in [-0.05, 0) is 25.2 Å². The van der Waals surface area contributed by atoms with Gasteiger partial charge in [0, 0.05) is 18.7 Å². The van der Waals surface area contributed by atoms with Crippen LogP contribution in [-0.2, 0) is 6.54 Å². The molecule has 0 bridgehead atoms. The quantitative estimate of drug-likeness (QED) is 0.906. The number of ether oxygens (including phenoxy) is 1. The van der Waals surface area contributed by atoms with Crippen LogP contribution in [0.15, 0.2) is 36.4 Å². The first-order valence-electron chi connectivity index (χ1n) is 5.42. The number of rotatable bonds is 4. The fourth-order valence-corrected chi connectivity index (χ4v) is 1.46. The summed E-state index contributed by atoms with van der Waals surface area (Å²) in [5.41, 5.74) is 0.803. The van der Waals surface area contributed by atoms with E-state index in [1.54, 1.807) is 12.1 Å². The van der Waals surface area contributed by atoms with Crippen molar-refractivity contribution >= 4 is 0 Å². The second-order valence-electron chi connectivity index (χ2n) is 3.68. The van der Waals surface area contributed by atoms with Crippen LogP contribution in [0.5, 0.6) is 11.6 Å². The summed E-state index contributed by atoms with van der Waals surface area (Å²) in [5, 5.41) is 2.96. The molecule has 0 aliphatic rings. The SMILES string of the molecule is CNCc1cccc(Oc2ccc(F)c(F)c2)n1. The Labute approximate surface area is 103 Å². The molecule has 0 radical (unpaired) electrons. The van der Waals surface area contributed by atoms with Gasteiger partial charge in [0.15, 0.2) is 11.6 Å². The summed E-state index contributed by atoms with van der Waals surface area (Å²) in [6.07, 6.45) is 0. The molecule has 0 saturated heterocycles. The molecule has 1 aromatic heterocycles. The molecule has 5 heteroatoms. The van der Waals surface area contributed by atoms with Crippen molar-refractivity contribution < 1.29 is 13.5 Å². The van der Waals surface area contributed by atoms with Gasteiger partial charge in [-0.15, -0.1) is 0 Å². The number of nitrogens with one attached hydrogen (secondary N) is 1. The van der Waals surface area contributed by atoms with Gasteiger partial charge in [-0.1, -0.05) is 6.07 Å². The molecule has 2 aromatic rings. The molecule has 0 unspecified atom stereocenters. The monoisotopic (exact) mass is 250 g/mol. The van der Waals surface area contributed by atoms with Crippen LogP contribution in [0.25, 0.3) is 0 Å². The molecule has 1 heterocycles. The average molecular weight is 250 g/mol. The van der Waals surface area contributed by atoms with Crippen molar-refractivity contribution in [2.75, 3.05) is 7.05 Å². The average Bonchev–Trinajstić information content (AvgIpc) is 2.35. The standard InChI is InChI=1S/C13H12F2N2O/c1-16-8-9-3-2-4-13(17-9)18-10-5-6-11(14)12(15)7-10/h2-7,16H,8H2,1H3. The van der Waals surface area contributed by atoms with Gasteiger partial charge >= 0.3 is 0 Å². The van der Waals surface area contributed by atoms with Gasteiger partial charge < -0.3 is 10.1 Å². The predicted octanol–water partition coefficient (Wildman–Crippen LogP) is 2.87. The fourth-order valence-electron chi connectivity index (χ4n) is 1.46. The van der Waals surface area contributed by atoms with Gasteiger partial charge in [0.1, 0.15) is 5.75 Å². The lowest BCUT2D eigenvalue weighted by Crippen LogP contribution is -2.06. The molecule has 0 amide bonds. The molecule has 3 nitrogen and oxygen atoms in total. The van der Waals surface area contributed by atoms with E-state index in [2.05, 4.69) is 10.3 Å². The molecule has 0 spiro atoms. The Morgan fingerprint density at radius 1 is 1.17 bits per heavy atom. The van der Waals surface area contributed by atoms with E-state index in [0.717, 1.165) is 17.8 Å². The molecule has 94 valence electrons. The zero-order valence-corrected chi connectivity index (χ0v) is 9.78. The summed E-state index contributed by atoms with van der Waals surface area (Å²) in [4.78, 5) is 4.21.